The Balaban J connectivity index is 1.74. The number of anilines is 1. The molecule has 0 spiro atoms. The van der Waals surface area contributed by atoms with E-state index >= 15 is 0 Å². The van der Waals surface area contributed by atoms with Gasteiger partial charge in [0.25, 0.3) is 0 Å². The fraction of sp³-hybridized carbons (Fsp3) is 0.625. The molecule has 18 heavy (non-hydrogen) atoms. The highest BCUT2D eigenvalue weighted by atomic mass is 15.1. The number of aryl methyl sites for hydroxylation is 1. The fourth-order valence-corrected chi connectivity index (χ4v) is 3.33. The van der Waals surface area contributed by atoms with Crippen LogP contribution in [0.3, 0.4) is 0 Å². The normalized spacial score (nSPS) is 21.4. The summed E-state index contributed by atoms with van der Waals surface area (Å²) in [7, 11) is 0. The lowest BCUT2D eigenvalue weighted by Gasteiger charge is -2.31. The van der Waals surface area contributed by atoms with Gasteiger partial charge in [0.15, 0.2) is 0 Å². The molecule has 0 aromatic heterocycles. The molecule has 2 nitrogen and oxygen atoms in total. The second-order valence-electron chi connectivity index (χ2n) is 5.73. The van der Waals surface area contributed by atoms with E-state index in [0.29, 0.717) is 0 Å². The van der Waals surface area contributed by atoms with Gasteiger partial charge in [0, 0.05) is 18.8 Å². The zero-order valence-electron chi connectivity index (χ0n) is 11.2. The van der Waals surface area contributed by atoms with Gasteiger partial charge in [0.2, 0.25) is 0 Å². The lowest BCUT2D eigenvalue weighted by atomic mass is 9.97. The Hall–Kier alpha value is -1.02. The van der Waals surface area contributed by atoms with Crippen molar-refractivity contribution in [2.24, 2.45) is 5.92 Å². The highest BCUT2D eigenvalue weighted by Gasteiger charge is 2.20. The summed E-state index contributed by atoms with van der Waals surface area (Å²) < 4.78 is 0. The van der Waals surface area contributed by atoms with E-state index in [2.05, 4.69) is 34.5 Å². The smallest absolute Gasteiger partial charge is 0.0398 e. The van der Waals surface area contributed by atoms with Crippen molar-refractivity contribution in [3.8, 4) is 0 Å². The predicted octanol–water partition coefficient (Wildman–Crippen LogP) is 2.83. The number of nitrogens with zero attached hydrogens (tertiary/aromatic N) is 1. The molecular weight excluding hydrogens is 220 g/mol. The minimum Gasteiger partial charge on any atom is -0.371 e. The van der Waals surface area contributed by atoms with Crippen molar-refractivity contribution < 1.29 is 0 Å². The van der Waals surface area contributed by atoms with Crippen LogP contribution in [0.15, 0.2) is 24.3 Å². The average molecular weight is 244 g/mol. The van der Waals surface area contributed by atoms with Crippen molar-refractivity contribution in [2.45, 2.75) is 32.1 Å². The summed E-state index contributed by atoms with van der Waals surface area (Å²) in [5, 5.41) is 3.46. The van der Waals surface area contributed by atoms with Crippen molar-refractivity contribution in [3.05, 3.63) is 29.8 Å². The molecule has 0 amide bonds. The van der Waals surface area contributed by atoms with Gasteiger partial charge in [0.1, 0.15) is 0 Å². The topological polar surface area (TPSA) is 15.3 Å². The third-order valence-electron chi connectivity index (χ3n) is 4.39. The van der Waals surface area contributed by atoms with E-state index in [1.807, 2.05) is 0 Å². The predicted molar refractivity (Wildman–Crippen MR) is 77.2 cm³/mol. The zero-order chi connectivity index (χ0) is 12.2. The highest BCUT2D eigenvalue weighted by Crippen LogP contribution is 2.28. The standard InChI is InChI=1S/C16H24N2/c1-2-7-16-15(5-1)6-3-4-12-18(16)13-14-8-10-17-11-9-14/h1-2,5,7,14,17H,3-4,6,8-13H2. The maximum absolute atomic E-state index is 3.46. The summed E-state index contributed by atoms with van der Waals surface area (Å²) in [5.41, 5.74) is 3.07. The van der Waals surface area contributed by atoms with E-state index < -0.39 is 0 Å². The Morgan fingerprint density at radius 2 is 1.94 bits per heavy atom. The minimum atomic E-state index is 0.886. The molecule has 3 rings (SSSR count). The van der Waals surface area contributed by atoms with Crippen LogP contribution in [0.2, 0.25) is 0 Å². The molecule has 0 aliphatic carbocycles. The van der Waals surface area contributed by atoms with E-state index in [-0.39, 0.29) is 0 Å². The van der Waals surface area contributed by atoms with Crippen LogP contribution in [-0.2, 0) is 6.42 Å². The number of benzene rings is 1. The van der Waals surface area contributed by atoms with Gasteiger partial charge in [-0.2, -0.15) is 0 Å². The summed E-state index contributed by atoms with van der Waals surface area (Å²) in [6.45, 7) is 4.93. The Morgan fingerprint density at radius 3 is 2.83 bits per heavy atom. The summed E-state index contributed by atoms with van der Waals surface area (Å²) >= 11 is 0. The fourth-order valence-electron chi connectivity index (χ4n) is 3.33. The van der Waals surface area contributed by atoms with E-state index in [0.717, 1.165) is 5.92 Å². The second kappa shape index (κ2) is 5.75. The van der Waals surface area contributed by atoms with Crippen LogP contribution in [0, 0.1) is 5.92 Å². The number of hydrogen-bond acceptors (Lipinski definition) is 2. The molecule has 0 saturated carbocycles. The SMILES string of the molecule is c1ccc2c(c1)CCCCN2CC1CCNCC1. The molecule has 98 valence electrons. The second-order valence-corrected chi connectivity index (χ2v) is 5.73. The summed E-state index contributed by atoms with van der Waals surface area (Å²) in [5.74, 6) is 0.886. The highest BCUT2D eigenvalue weighted by molar-refractivity contribution is 5.54. The maximum atomic E-state index is 3.46. The molecule has 1 aromatic carbocycles. The van der Waals surface area contributed by atoms with Crippen molar-refractivity contribution in [2.75, 3.05) is 31.1 Å². The molecule has 1 N–H and O–H groups in total. The molecule has 0 radical (unpaired) electrons. The average Bonchev–Trinajstić information content (AvgIpc) is 2.63. The third-order valence-corrected chi connectivity index (χ3v) is 4.39. The quantitative estimate of drug-likeness (QED) is 0.860. The first kappa shape index (κ1) is 12.0. The number of hydrogen-bond donors (Lipinski definition) is 1. The molecule has 1 fully saturated rings. The molecule has 2 heterocycles. The van der Waals surface area contributed by atoms with Gasteiger partial charge in [0.05, 0.1) is 0 Å². The van der Waals surface area contributed by atoms with Crippen molar-refractivity contribution in [1.29, 1.82) is 0 Å². The van der Waals surface area contributed by atoms with Gasteiger partial charge in [-0.1, -0.05) is 18.2 Å². The molecule has 2 aliphatic rings. The Morgan fingerprint density at radius 1 is 1.11 bits per heavy atom. The van der Waals surface area contributed by atoms with Crippen LogP contribution < -0.4 is 10.2 Å². The third kappa shape index (κ3) is 2.69. The summed E-state index contributed by atoms with van der Waals surface area (Å²) in [6, 6.07) is 9.02. The number of para-hydroxylation sites is 1. The molecule has 0 bridgehead atoms. The minimum absolute atomic E-state index is 0.886. The Kier molecular flexibility index (Phi) is 3.84. The first-order valence-electron chi connectivity index (χ1n) is 7.47. The number of fused-ring (bicyclic) bond motifs is 1. The van der Waals surface area contributed by atoms with E-state index in [1.165, 1.54) is 64.0 Å². The number of nitrogens with one attached hydrogen (secondary N) is 1. The van der Waals surface area contributed by atoms with Gasteiger partial charge in [-0.25, -0.2) is 0 Å². The van der Waals surface area contributed by atoms with Crippen LogP contribution >= 0.6 is 0 Å². The van der Waals surface area contributed by atoms with Gasteiger partial charge in [-0.3, -0.25) is 0 Å². The van der Waals surface area contributed by atoms with E-state index in [4.69, 9.17) is 0 Å². The lowest BCUT2D eigenvalue weighted by molar-refractivity contribution is 0.373. The largest absolute Gasteiger partial charge is 0.371 e. The van der Waals surface area contributed by atoms with E-state index in [1.54, 1.807) is 5.56 Å². The molecule has 2 heteroatoms. The molecule has 0 unspecified atom stereocenters. The van der Waals surface area contributed by atoms with Gasteiger partial charge >= 0.3 is 0 Å². The molecule has 2 aliphatic heterocycles. The van der Waals surface area contributed by atoms with Crippen LogP contribution in [-0.4, -0.2) is 26.2 Å². The monoisotopic (exact) mass is 244 g/mol. The first-order valence-corrected chi connectivity index (χ1v) is 7.47. The van der Waals surface area contributed by atoms with Crippen molar-refractivity contribution >= 4 is 5.69 Å². The molecular formula is C16H24N2. The van der Waals surface area contributed by atoms with Crippen LogP contribution in [0.1, 0.15) is 31.2 Å². The van der Waals surface area contributed by atoms with Crippen molar-refractivity contribution in [3.63, 3.8) is 0 Å². The van der Waals surface area contributed by atoms with Gasteiger partial charge in [-0.15, -0.1) is 0 Å². The number of rotatable bonds is 2. The van der Waals surface area contributed by atoms with Crippen molar-refractivity contribution in [1.82, 2.24) is 5.32 Å². The summed E-state index contributed by atoms with van der Waals surface area (Å²) in [6.07, 6.45) is 6.65. The number of piperidine rings is 1. The van der Waals surface area contributed by atoms with Crippen LogP contribution in [0.25, 0.3) is 0 Å². The van der Waals surface area contributed by atoms with Gasteiger partial charge in [-0.05, 0) is 62.7 Å². The molecule has 1 saturated heterocycles. The Bertz CT molecular complexity index is 382. The maximum Gasteiger partial charge on any atom is 0.0398 e. The summed E-state index contributed by atoms with van der Waals surface area (Å²) in [4.78, 5) is 2.65. The van der Waals surface area contributed by atoms with Crippen LogP contribution in [0.5, 0.6) is 0 Å². The van der Waals surface area contributed by atoms with Crippen LogP contribution in [0.4, 0.5) is 5.69 Å². The van der Waals surface area contributed by atoms with E-state index in [9.17, 15) is 0 Å². The molecule has 0 atom stereocenters. The van der Waals surface area contributed by atoms with Gasteiger partial charge < -0.3 is 10.2 Å². The first-order chi connectivity index (χ1) is 8.93. The molecule has 1 aromatic rings. The zero-order valence-corrected chi connectivity index (χ0v) is 11.2. The Labute approximate surface area is 110 Å². The lowest BCUT2D eigenvalue weighted by Crippen LogP contribution is -2.36.